The van der Waals surface area contributed by atoms with Gasteiger partial charge in [-0.15, -0.1) is 0 Å². The second kappa shape index (κ2) is 4.40. The highest BCUT2D eigenvalue weighted by Gasteiger charge is 2.20. The van der Waals surface area contributed by atoms with Crippen molar-refractivity contribution in [2.24, 2.45) is 4.99 Å². The molecule has 1 fully saturated rings. The van der Waals surface area contributed by atoms with Crippen molar-refractivity contribution in [3.8, 4) is 0 Å². The Hall–Kier alpha value is -1.42. The third-order valence-corrected chi connectivity index (χ3v) is 2.54. The van der Waals surface area contributed by atoms with Gasteiger partial charge in [0.25, 0.3) is 0 Å². The molecule has 4 heteroatoms. The smallest absolute Gasteiger partial charge is 0.241 e. The Labute approximate surface area is 89.4 Å². The van der Waals surface area contributed by atoms with Crippen LogP contribution in [0.15, 0.2) is 28.5 Å². The van der Waals surface area contributed by atoms with E-state index < -0.39 is 0 Å². The number of rotatable bonds is 1. The van der Waals surface area contributed by atoms with Crippen LogP contribution in [-0.4, -0.2) is 36.7 Å². The standard InChI is InChI=1S/C11H15N3O/c1-9-3-2-4-10(7-13-9)14-6-5-12-8-11(14)15/h3-4,7,12H,2,5-6,8H2,1H3. The van der Waals surface area contributed by atoms with Gasteiger partial charge in [-0.1, -0.05) is 12.2 Å². The van der Waals surface area contributed by atoms with Gasteiger partial charge in [0.05, 0.1) is 18.5 Å². The molecule has 1 amide bonds. The van der Waals surface area contributed by atoms with E-state index in [-0.39, 0.29) is 5.91 Å². The molecule has 0 bridgehead atoms. The minimum Gasteiger partial charge on any atom is -0.309 e. The van der Waals surface area contributed by atoms with Crippen LogP contribution in [0, 0.1) is 0 Å². The molecule has 15 heavy (non-hydrogen) atoms. The molecule has 0 aromatic heterocycles. The Morgan fingerprint density at radius 1 is 1.47 bits per heavy atom. The Morgan fingerprint density at radius 2 is 2.33 bits per heavy atom. The van der Waals surface area contributed by atoms with Gasteiger partial charge in [0.15, 0.2) is 0 Å². The first-order valence-electron chi connectivity index (χ1n) is 5.19. The van der Waals surface area contributed by atoms with E-state index >= 15 is 0 Å². The number of hydrogen-bond donors (Lipinski definition) is 1. The van der Waals surface area contributed by atoms with Gasteiger partial charge < -0.3 is 10.2 Å². The van der Waals surface area contributed by atoms with Crippen molar-refractivity contribution in [3.63, 3.8) is 0 Å². The number of allylic oxidation sites excluding steroid dienone is 4. The fourth-order valence-electron chi connectivity index (χ4n) is 1.68. The molecule has 0 atom stereocenters. The molecule has 0 unspecified atom stereocenters. The summed E-state index contributed by atoms with van der Waals surface area (Å²) in [7, 11) is 0. The van der Waals surface area contributed by atoms with E-state index in [0.29, 0.717) is 6.54 Å². The summed E-state index contributed by atoms with van der Waals surface area (Å²) in [6, 6.07) is 0. The van der Waals surface area contributed by atoms with Crippen LogP contribution >= 0.6 is 0 Å². The lowest BCUT2D eigenvalue weighted by atomic mass is 10.2. The molecule has 2 aliphatic heterocycles. The van der Waals surface area contributed by atoms with E-state index in [1.807, 2.05) is 13.0 Å². The van der Waals surface area contributed by atoms with E-state index in [1.165, 1.54) is 0 Å². The SMILES string of the molecule is CC1=CCC=C(N2CCNCC2=O)C=N1. The van der Waals surface area contributed by atoms with Crippen LogP contribution in [0.4, 0.5) is 0 Å². The molecule has 1 N–H and O–H groups in total. The zero-order valence-corrected chi connectivity index (χ0v) is 8.86. The van der Waals surface area contributed by atoms with Gasteiger partial charge in [-0.25, -0.2) is 0 Å². The van der Waals surface area contributed by atoms with Crippen molar-refractivity contribution >= 4 is 12.1 Å². The quantitative estimate of drug-likeness (QED) is 0.684. The monoisotopic (exact) mass is 205 g/mol. The van der Waals surface area contributed by atoms with Crippen molar-refractivity contribution in [3.05, 3.63) is 23.5 Å². The summed E-state index contributed by atoms with van der Waals surface area (Å²) < 4.78 is 0. The lowest BCUT2D eigenvalue weighted by Gasteiger charge is -2.27. The van der Waals surface area contributed by atoms with E-state index in [9.17, 15) is 4.79 Å². The summed E-state index contributed by atoms with van der Waals surface area (Å²) in [5, 5.41) is 3.05. The molecule has 0 aromatic carbocycles. The number of piperazine rings is 1. The third-order valence-electron chi connectivity index (χ3n) is 2.54. The number of hydrogen-bond acceptors (Lipinski definition) is 3. The maximum Gasteiger partial charge on any atom is 0.241 e. The Morgan fingerprint density at radius 3 is 3.13 bits per heavy atom. The van der Waals surface area contributed by atoms with Gasteiger partial charge >= 0.3 is 0 Å². The van der Waals surface area contributed by atoms with Crippen molar-refractivity contribution in [1.29, 1.82) is 0 Å². The van der Waals surface area contributed by atoms with Gasteiger partial charge in [-0.05, 0) is 13.3 Å². The zero-order chi connectivity index (χ0) is 10.7. The lowest BCUT2D eigenvalue weighted by molar-refractivity contribution is -0.129. The minimum absolute atomic E-state index is 0.124. The Kier molecular flexibility index (Phi) is 2.97. The molecule has 80 valence electrons. The number of carbonyl (C=O) groups excluding carboxylic acids is 1. The summed E-state index contributed by atoms with van der Waals surface area (Å²) in [4.78, 5) is 17.7. The highest BCUT2D eigenvalue weighted by Crippen LogP contribution is 2.11. The number of carbonyl (C=O) groups is 1. The predicted octanol–water partition coefficient (Wildman–Crippen LogP) is 0.680. The minimum atomic E-state index is 0.124. The van der Waals surface area contributed by atoms with Gasteiger partial charge in [-0.3, -0.25) is 9.79 Å². The fraction of sp³-hybridized carbons (Fsp3) is 0.455. The van der Waals surface area contributed by atoms with Crippen molar-refractivity contribution in [1.82, 2.24) is 10.2 Å². The molecular formula is C11H15N3O. The van der Waals surface area contributed by atoms with Crippen molar-refractivity contribution in [2.45, 2.75) is 13.3 Å². The van der Waals surface area contributed by atoms with Crippen LogP contribution < -0.4 is 5.32 Å². The van der Waals surface area contributed by atoms with Gasteiger partial charge in [0, 0.05) is 18.8 Å². The second-order valence-electron chi connectivity index (χ2n) is 3.69. The highest BCUT2D eigenvalue weighted by atomic mass is 16.2. The Balaban J connectivity index is 2.13. The summed E-state index contributed by atoms with van der Waals surface area (Å²) in [6.07, 6.45) is 6.72. The van der Waals surface area contributed by atoms with E-state index in [0.717, 1.165) is 30.9 Å². The number of nitrogens with zero attached hydrogens (tertiary/aromatic N) is 2. The van der Waals surface area contributed by atoms with Crippen LogP contribution in [0.25, 0.3) is 0 Å². The summed E-state index contributed by atoms with van der Waals surface area (Å²) in [5.74, 6) is 0.124. The van der Waals surface area contributed by atoms with Gasteiger partial charge in [0.1, 0.15) is 0 Å². The lowest BCUT2D eigenvalue weighted by Crippen LogP contribution is -2.47. The van der Waals surface area contributed by atoms with Crippen molar-refractivity contribution in [2.75, 3.05) is 19.6 Å². The molecule has 1 saturated heterocycles. The molecule has 2 heterocycles. The molecule has 0 radical (unpaired) electrons. The molecule has 0 saturated carbocycles. The van der Waals surface area contributed by atoms with E-state index in [4.69, 9.17) is 0 Å². The highest BCUT2D eigenvalue weighted by molar-refractivity contribution is 5.90. The largest absolute Gasteiger partial charge is 0.309 e. The van der Waals surface area contributed by atoms with E-state index in [1.54, 1.807) is 11.1 Å². The fourth-order valence-corrected chi connectivity index (χ4v) is 1.68. The van der Waals surface area contributed by atoms with Gasteiger partial charge in [-0.2, -0.15) is 0 Å². The summed E-state index contributed by atoms with van der Waals surface area (Å²) >= 11 is 0. The molecule has 0 aromatic rings. The second-order valence-corrected chi connectivity index (χ2v) is 3.69. The van der Waals surface area contributed by atoms with Crippen LogP contribution in [0.2, 0.25) is 0 Å². The van der Waals surface area contributed by atoms with Crippen LogP contribution in [0.5, 0.6) is 0 Å². The molecule has 0 aliphatic carbocycles. The first-order valence-corrected chi connectivity index (χ1v) is 5.19. The normalized spacial score (nSPS) is 22.2. The zero-order valence-electron chi connectivity index (χ0n) is 8.86. The number of aliphatic imine (C=N–C) groups is 1. The molecule has 2 aliphatic rings. The number of nitrogens with one attached hydrogen (secondary N) is 1. The van der Waals surface area contributed by atoms with Crippen LogP contribution in [0.1, 0.15) is 13.3 Å². The van der Waals surface area contributed by atoms with Crippen LogP contribution in [0.3, 0.4) is 0 Å². The molecular weight excluding hydrogens is 190 g/mol. The topological polar surface area (TPSA) is 44.7 Å². The maximum absolute atomic E-state index is 11.6. The molecule has 0 spiro atoms. The molecule has 2 rings (SSSR count). The van der Waals surface area contributed by atoms with Gasteiger partial charge in [0.2, 0.25) is 5.91 Å². The average Bonchev–Trinajstić information content (AvgIpc) is 2.44. The molecule has 4 nitrogen and oxygen atoms in total. The summed E-state index contributed by atoms with van der Waals surface area (Å²) in [5.41, 5.74) is 1.93. The van der Waals surface area contributed by atoms with E-state index in [2.05, 4.69) is 16.4 Å². The van der Waals surface area contributed by atoms with Crippen LogP contribution in [-0.2, 0) is 4.79 Å². The predicted molar refractivity (Wildman–Crippen MR) is 59.5 cm³/mol. The summed E-state index contributed by atoms with van der Waals surface area (Å²) in [6.45, 7) is 3.98. The first-order chi connectivity index (χ1) is 7.27. The van der Waals surface area contributed by atoms with Crippen molar-refractivity contribution < 1.29 is 4.79 Å². The third kappa shape index (κ3) is 2.33. The average molecular weight is 205 g/mol. The number of amides is 1. The first kappa shape index (κ1) is 10.1. The Bertz CT molecular complexity index is 355. The maximum atomic E-state index is 11.6.